The maximum Gasteiger partial charge on any atom is 0.303 e. The molecule has 0 aliphatic carbocycles. The Morgan fingerprint density at radius 1 is 1.22 bits per heavy atom. The van der Waals surface area contributed by atoms with Crippen molar-refractivity contribution in [3.8, 4) is 5.75 Å². The average molecular weight is 321 g/mol. The van der Waals surface area contributed by atoms with E-state index in [4.69, 9.17) is 9.84 Å². The summed E-state index contributed by atoms with van der Waals surface area (Å²) >= 11 is 0. The minimum Gasteiger partial charge on any atom is -0.481 e. The number of carboxylic acids is 1. The van der Waals surface area contributed by atoms with Crippen LogP contribution in [0.3, 0.4) is 0 Å². The molecule has 1 aromatic carbocycles. The van der Waals surface area contributed by atoms with Gasteiger partial charge in [0, 0.05) is 12.5 Å². The second-order valence-electron chi connectivity index (χ2n) is 6.30. The Bertz CT molecular complexity index is 554. The monoisotopic (exact) mass is 321 g/mol. The quantitative estimate of drug-likeness (QED) is 0.770. The van der Waals surface area contributed by atoms with Crippen molar-refractivity contribution in [1.29, 1.82) is 0 Å². The van der Waals surface area contributed by atoms with Crippen molar-refractivity contribution in [3.05, 3.63) is 29.3 Å². The van der Waals surface area contributed by atoms with Gasteiger partial charge in [-0.2, -0.15) is 0 Å². The van der Waals surface area contributed by atoms with Crippen LogP contribution < -0.4 is 10.1 Å². The van der Waals surface area contributed by atoms with Crippen molar-refractivity contribution in [2.45, 2.75) is 65.5 Å². The lowest BCUT2D eigenvalue weighted by Crippen LogP contribution is -2.41. The number of amides is 1. The third-order valence-corrected chi connectivity index (χ3v) is 3.64. The standard InChI is InChI=1S/C18H27NO4/c1-11(2)15-8-6-12(3)10-16(15)23-14(5)18(22)19-13(4)7-9-17(20)21/h6,8,10-11,13-14H,7,9H2,1-5H3,(H,19,22)(H,20,21). The van der Waals surface area contributed by atoms with Crippen LogP contribution in [0.1, 0.15) is 57.6 Å². The van der Waals surface area contributed by atoms with E-state index in [0.29, 0.717) is 12.3 Å². The van der Waals surface area contributed by atoms with Crippen LogP contribution in [0, 0.1) is 6.92 Å². The van der Waals surface area contributed by atoms with Gasteiger partial charge in [-0.3, -0.25) is 9.59 Å². The first-order valence-electron chi connectivity index (χ1n) is 8.00. The fraction of sp³-hybridized carbons (Fsp3) is 0.556. The summed E-state index contributed by atoms with van der Waals surface area (Å²) in [5.41, 5.74) is 2.14. The number of carbonyl (C=O) groups excluding carboxylic acids is 1. The third-order valence-electron chi connectivity index (χ3n) is 3.64. The second kappa shape index (κ2) is 8.56. The zero-order valence-electron chi connectivity index (χ0n) is 14.6. The third kappa shape index (κ3) is 6.30. The normalized spacial score (nSPS) is 13.5. The Morgan fingerprint density at radius 3 is 2.43 bits per heavy atom. The highest BCUT2D eigenvalue weighted by atomic mass is 16.5. The van der Waals surface area contributed by atoms with Gasteiger partial charge in [0.15, 0.2) is 6.10 Å². The molecule has 5 heteroatoms. The van der Waals surface area contributed by atoms with E-state index in [1.807, 2.05) is 25.1 Å². The van der Waals surface area contributed by atoms with Crippen LogP contribution in [0.2, 0.25) is 0 Å². The number of hydrogen-bond donors (Lipinski definition) is 2. The maximum absolute atomic E-state index is 12.2. The van der Waals surface area contributed by atoms with Gasteiger partial charge in [-0.15, -0.1) is 0 Å². The van der Waals surface area contributed by atoms with Gasteiger partial charge in [-0.25, -0.2) is 0 Å². The fourth-order valence-corrected chi connectivity index (χ4v) is 2.24. The summed E-state index contributed by atoms with van der Waals surface area (Å²) in [6.45, 7) is 9.63. The molecule has 0 saturated carbocycles. The number of aliphatic carboxylic acids is 1. The molecule has 0 saturated heterocycles. The van der Waals surface area contributed by atoms with Crippen LogP contribution in [0.15, 0.2) is 18.2 Å². The van der Waals surface area contributed by atoms with E-state index in [-0.39, 0.29) is 18.4 Å². The summed E-state index contributed by atoms with van der Waals surface area (Å²) in [4.78, 5) is 22.7. The molecule has 0 spiro atoms. The van der Waals surface area contributed by atoms with Gasteiger partial charge >= 0.3 is 5.97 Å². The van der Waals surface area contributed by atoms with Gasteiger partial charge in [-0.05, 0) is 50.3 Å². The lowest BCUT2D eigenvalue weighted by atomic mass is 10.0. The molecule has 0 aliphatic heterocycles. The summed E-state index contributed by atoms with van der Waals surface area (Å²) in [5, 5.41) is 11.5. The van der Waals surface area contributed by atoms with E-state index in [1.165, 1.54) is 0 Å². The van der Waals surface area contributed by atoms with Crippen LogP contribution >= 0.6 is 0 Å². The number of hydrogen-bond acceptors (Lipinski definition) is 3. The number of aryl methyl sites for hydroxylation is 1. The van der Waals surface area contributed by atoms with Crippen LogP contribution in [0.5, 0.6) is 5.75 Å². The number of ether oxygens (including phenoxy) is 1. The Hall–Kier alpha value is -2.04. The first-order valence-corrected chi connectivity index (χ1v) is 8.00. The van der Waals surface area contributed by atoms with Gasteiger partial charge < -0.3 is 15.2 Å². The number of benzene rings is 1. The van der Waals surface area contributed by atoms with Gasteiger partial charge in [0.05, 0.1) is 0 Å². The smallest absolute Gasteiger partial charge is 0.303 e. The zero-order valence-corrected chi connectivity index (χ0v) is 14.6. The van der Waals surface area contributed by atoms with E-state index < -0.39 is 12.1 Å². The molecule has 1 aromatic rings. The molecular weight excluding hydrogens is 294 g/mol. The lowest BCUT2D eigenvalue weighted by molar-refractivity contribution is -0.137. The SMILES string of the molecule is Cc1ccc(C(C)C)c(OC(C)C(=O)NC(C)CCC(=O)O)c1. The van der Waals surface area contributed by atoms with Crippen LogP contribution in [0.25, 0.3) is 0 Å². The summed E-state index contributed by atoms with van der Waals surface area (Å²) in [6, 6.07) is 5.79. The predicted octanol–water partition coefficient (Wildman–Crippen LogP) is 3.26. The largest absolute Gasteiger partial charge is 0.481 e. The highest BCUT2D eigenvalue weighted by Crippen LogP contribution is 2.28. The number of nitrogens with one attached hydrogen (secondary N) is 1. The van der Waals surface area contributed by atoms with E-state index in [0.717, 1.165) is 16.9 Å². The number of rotatable bonds is 8. The molecule has 0 radical (unpaired) electrons. The first kappa shape index (κ1) is 19.0. The fourth-order valence-electron chi connectivity index (χ4n) is 2.24. The number of carboxylic acid groups (broad SMARTS) is 1. The van der Waals surface area contributed by atoms with E-state index in [9.17, 15) is 9.59 Å². The van der Waals surface area contributed by atoms with Gasteiger partial charge in [0.25, 0.3) is 5.91 Å². The highest BCUT2D eigenvalue weighted by Gasteiger charge is 2.19. The maximum atomic E-state index is 12.2. The molecule has 0 aliphatic rings. The van der Waals surface area contributed by atoms with Crippen molar-refractivity contribution in [2.75, 3.05) is 0 Å². The zero-order chi connectivity index (χ0) is 17.6. The highest BCUT2D eigenvalue weighted by molar-refractivity contribution is 5.81. The van der Waals surface area contributed by atoms with E-state index >= 15 is 0 Å². The molecule has 1 amide bonds. The molecule has 2 N–H and O–H groups in total. The molecule has 0 bridgehead atoms. The molecule has 5 nitrogen and oxygen atoms in total. The molecule has 0 fully saturated rings. The Balaban J connectivity index is 2.68. The summed E-state index contributed by atoms with van der Waals surface area (Å²) in [7, 11) is 0. The molecule has 23 heavy (non-hydrogen) atoms. The summed E-state index contributed by atoms with van der Waals surface area (Å²) < 4.78 is 5.85. The van der Waals surface area contributed by atoms with Gasteiger partial charge in [-0.1, -0.05) is 26.0 Å². The summed E-state index contributed by atoms with van der Waals surface area (Å²) in [6.07, 6.45) is -0.205. The van der Waals surface area contributed by atoms with E-state index in [1.54, 1.807) is 13.8 Å². The van der Waals surface area contributed by atoms with Gasteiger partial charge in [0.1, 0.15) is 5.75 Å². The van der Waals surface area contributed by atoms with Crippen LogP contribution in [-0.2, 0) is 9.59 Å². The van der Waals surface area contributed by atoms with E-state index in [2.05, 4.69) is 19.2 Å². The summed E-state index contributed by atoms with van der Waals surface area (Å²) in [5.74, 6) is -0.0768. The molecular formula is C18H27NO4. The average Bonchev–Trinajstić information content (AvgIpc) is 2.44. The second-order valence-corrected chi connectivity index (χ2v) is 6.30. The molecule has 2 unspecified atom stereocenters. The predicted molar refractivity (Wildman–Crippen MR) is 89.8 cm³/mol. The molecule has 0 aromatic heterocycles. The minimum absolute atomic E-state index is 0.0338. The first-order chi connectivity index (χ1) is 10.7. The van der Waals surface area contributed by atoms with Crippen molar-refractivity contribution in [1.82, 2.24) is 5.32 Å². The topological polar surface area (TPSA) is 75.6 Å². The van der Waals surface area contributed by atoms with Crippen molar-refractivity contribution in [3.63, 3.8) is 0 Å². The minimum atomic E-state index is -0.864. The lowest BCUT2D eigenvalue weighted by Gasteiger charge is -2.21. The van der Waals surface area contributed by atoms with Gasteiger partial charge in [0.2, 0.25) is 0 Å². The molecule has 2 atom stereocenters. The Labute approximate surface area is 138 Å². The molecule has 128 valence electrons. The molecule has 0 heterocycles. The van der Waals surface area contributed by atoms with Crippen molar-refractivity contribution in [2.24, 2.45) is 0 Å². The van der Waals surface area contributed by atoms with Crippen LogP contribution in [0.4, 0.5) is 0 Å². The van der Waals surface area contributed by atoms with Crippen LogP contribution in [-0.4, -0.2) is 29.1 Å². The van der Waals surface area contributed by atoms with Crippen molar-refractivity contribution < 1.29 is 19.4 Å². The Morgan fingerprint density at radius 2 is 1.87 bits per heavy atom. The van der Waals surface area contributed by atoms with Crippen molar-refractivity contribution >= 4 is 11.9 Å². The number of carbonyl (C=O) groups is 2. The molecule has 1 rings (SSSR count). The Kier molecular flexibility index (Phi) is 7.07.